The van der Waals surface area contributed by atoms with Crippen LogP contribution in [0.1, 0.15) is 24.5 Å². The molecule has 1 amide bonds. The molecule has 156 valence electrons. The molecule has 0 aliphatic carbocycles. The number of amides is 1. The second-order valence-corrected chi connectivity index (χ2v) is 6.89. The average Bonchev–Trinajstić information content (AvgIpc) is 3.10. The molecule has 3 rings (SSSR count). The summed E-state index contributed by atoms with van der Waals surface area (Å²) in [6.07, 6.45) is -4.17. The summed E-state index contributed by atoms with van der Waals surface area (Å²) in [4.78, 5) is 27.5. The molecule has 0 radical (unpaired) electrons. The minimum atomic E-state index is -4.55. The van der Waals surface area contributed by atoms with Crippen LogP contribution in [-0.4, -0.2) is 76.5 Å². The molecule has 1 aromatic rings. The summed E-state index contributed by atoms with van der Waals surface area (Å²) in [6.45, 7) is 1.36. The summed E-state index contributed by atoms with van der Waals surface area (Å²) in [7, 11) is 2.60. The van der Waals surface area contributed by atoms with E-state index in [-0.39, 0.29) is 36.8 Å². The number of fused-ring (bicyclic) bond motifs is 1. The smallest absolute Gasteiger partial charge is 0.451 e. The summed E-state index contributed by atoms with van der Waals surface area (Å²) in [5, 5.41) is 6.93. The van der Waals surface area contributed by atoms with E-state index in [2.05, 4.69) is 10.2 Å². The molecular formula is C16H22F3N5O4. The lowest BCUT2D eigenvalue weighted by Gasteiger charge is -2.40. The number of halogens is 3. The molecule has 0 N–H and O–H groups in total. The SMILES string of the molecule is COC(=O)[C@H]1CCN(C(=O)OC)[C@@H](CN2CCn3c(nnc3C(F)(F)F)C2)C1. The van der Waals surface area contributed by atoms with E-state index in [9.17, 15) is 22.8 Å². The van der Waals surface area contributed by atoms with Crippen molar-refractivity contribution in [1.29, 1.82) is 0 Å². The van der Waals surface area contributed by atoms with E-state index in [4.69, 9.17) is 9.47 Å². The number of nitrogens with zero attached hydrogens (tertiary/aromatic N) is 5. The molecule has 0 aromatic carbocycles. The first kappa shape index (κ1) is 20.4. The van der Waals surface area contributed by atoms with E-state index >= 15 is 0 Å². The number of aromatic nitrogens is 3. The summed E-state index contributed by atoms with van der Waals surface area (Å²) >= 11 is 0. The number of alkyl halides is 3. The molecule has 9 nitrogen and oxygen atoms in total. The molecule has 2 aliphatic heterocycles. The first-order valence-electron chi connectivity index (χ1n) is 8.88. The number of esters is 1. The second-order valence-electron chi connectivity index (χ2n) is 6.89. The van der Waals surface area contributed by atoms with Crippen molar-refractivity contribution in [3.63, 3.8) is 0 Å². The summed E-state index contributed by atoms with van der Waals surface area (Å²) < 4.78 is 49.6. The van der Waals surface area contributed by atoms with Gasteiger partial charge in [0.05, 0.1) is 26.7 Å². The Bertz CT molecular complexity index is 738. The Balaban J connectivity index is 1.72. The number of carbonyl (C=O) groups is 2. The fourth-order valence-corrected chi connectivity index (χ4v) is 3.83. The van der Waals surface area contributed by atoms with Crippen LogP contribution in [0.2, 0.25) is 0 Å². The molecule has 0 unspecified atom stereocenters. The zero-order valence-corrected chi connectivity index (χ0v) is 15.6. The molecule has 1 saturated heterocycles. The monoisotopic (exact) mass is 405 g/mol. The maximum Gasteiger partial charge on any atom is 0.451 e. The van der Waals surface area contributed by atoms with Gasteiger partial charge in [0.1, 0.15) is 5.82 Å². The van der Waals surface area contributed by atoms with Gasteiger partial charge in [0.2, 0.25) is 5.82 Å². The Morgan fingerprint density at radius 3 is 2.54 bits per heavy atom. The molecule has 1 fully saturated rings. The zero-order valence-electron chi connectivity index (χ0n) is 15.6. The predicted octanol–water partition coefficient (Wildman–Crippen LogP) is 1.13. The Kier molecular flexibility index (Phi) is 5.77. The standard InChI is InChI=1S/C16H22F3N5O4/c1-27-13(25)10-3-4-23(15(26)28-2)11(7-10)8-22-5-6-24-12(9-22)20-21-14(24)16(17,18)19/h10-11H,3-9H2,1-2H3/t10-,11+/m0/s1. The van der Waals surface area contributed by atoms with Crippen molar-refractivity contribution < 1.29 is 32.2 Å². The van der Waals surface area contributed by atoms with Gasteiger partial charge in [-0.05, 0) is 12.8 Å². The van der Waals surface area contributed by atoms with Crippen molar-refractivity contribution in [1.82, 2.24) is 24.6 Å². The Labute approximate surface area is 159 Å². The van der Waals surface area contributed by atoms with Gasteiger partial charge in [-0.1, -0.05) is 0 Å². The lowest BCUT2D eigenvalue weighted by atomic mass is 9.90. The van der Waals surface area contributed by atoms with E-state index in [0.717, 1.165) is 4.57 Å². The van der Waals surface area contributed by atoms with Crippen LogP contribution in [0.5, 0.6) is 0 Å². The third kappa shape index (κ3) is 4.05. The van der Waals surface area contributed by atoms with Gasteiger partial charge in [-0.15, -0.1) is 10.2 Å². The Morgan fingerprint density at radius 1 is 1.14 bits per heavy atom. The summed E-state index contributed by atoms with van der Waals surface area (Å²) in [5.74, 6) is -1.44. The Hall–Kier alpha value is -2.37. The third-order valence-electron chi connectivity index (χ3n) is 5.21. The average molecular weight is 405 g/mol. The molecular weight excluding hydrogens is 383 g/mol. The number of ether oxygens (including phenoxy) is 2. The van der Waals surface area contributed by atoms with Crippen molar-refractivity contribution >= 4 is 12.1 Å². The van der Waals surface area contributed by atoms with Crippen LogP contribution < -0.4 is 0 Å². The van der Waals surface area contributed by atoms with Crippen LogP contribution in [0.4, 0.5) is 18.0 Å². The van der Waals surface area contributed by atoms with Crippen LogP contribution in [0.25, 0.3) is 0 Å². The predicted molar refractivity (Wildman–Crippen MR) is 87.9 cm³/mol. The van der Waals surface area contributed by atoms with Gasteiger partial charge in [-0.2, -0.15) is 13.2 Å². The maximum absolute atomic E-state index is 13.0. The number of likely N-dealkylation sites (tertiary alicyclic amines) is 1. The highest BCUT2D eigenvalue weighted by Crippen LogP contribution is 2.30. The van der Waals surface area contributed by atoms with Crippen molar-refractivity contribution in [3.8, 4) is 0 Å². The van der Waals surface area contributed by atoms with Crippen LogP contribution in [0.15, 0.2) is 0 Å². The molecule has 28 heavy (non-hydrogen) atoms. The number of carbonyl (C=O) groups excluding carboxylic acids is 2. The topological polar surface area (TPSA) is 89.8 Å². The van der Waals surface area contributed by atoms with Gasteiger partial charge in [-0.3, -0.25) is 9.69 Å². The van der Waals surface area contributed by atoms with E-state index < -0.39 is 18.1 Å². The van der Waals surface area contributed by atoms with Gasteiger partial charge in [0.25, 0.3) is 0 Å². The van der Waals surface area contributed by atoms with Gasteiger partial charge < -0.3 is 18.9 Å². The molecule has 3 heterocycles. The summed E-state index contributed by atoms with van der Waals surface area (Å²) in [6, 6.07) is -0.318. The quantitative estimate of drug-likeness (QED) is 0.697. The first-order valence-corrected chi connectivity index (χ1v) is 8.88. The fraction of sp³-hybridized carbons (Fsp3) is 0.750. The van der Waals surface area contributed by atoms with Gasteiger partial charge >= 0.3 is 18.2 Å². The van der Waals surface area contributed by atoms with Crippen LogP contribution in [-0.2, 0) is 33.5 Å². The zero-order chi connectivity index (χ0) is 20.5. The molecule has 2 atom stereocenters. The van der Waals surface area contributed by atoms with Crippen LogP contribution in [0, 0.1) is 5.92 Å². The first-order chi connectivity index (χ1) is 13.2. The van der Waals surface area contributed by atoms with Crippen molar-refractivity contribution in [3.05, 3.63) is 11.6 Å². The fourth-order valence-electron chi connectivity index (χ4n) is 3.83. The molecule has 0 saturated carbocycles. The van der Waals surface area contributed by atoms with E-state index in [1.54, 1.807) is 4.90 Å². The lowest BCUT2D eigenvalue weighted by Crippen LogP contribution is -2.53. The molecule has 1 aromatic heterocycles. The Morgan fingerprint density at radius 2 is 1.89 bits per heavy atom. The van der Waals surface area contributed by atoms with E-state index in [0.29, 0.717) is 32.5 Å². The normalized spacial score (nSPS) is 23.2. The van der Waals surface area contributed by atoms with Crippen LogP contribution >= 0.6 is 0 Å². The van der Waals surface area contributed by atoms with Crippen molar-refractivity contribution in [2.24, 2.45) is 5.92 Å². The highest BCUT2D eigenvalue weighted by atomic mass is 19.4. The highest BCUT2D eigenvalue weighted by Gasteiger charge is 2.41. The number of hydrogen-bond donors (Lipinski definition) is 0. The number of rotatable bonds is 3. The van der Waals surface area contributed by atoms with E-state index in [1.807, 2.05) is 4.90 Å². The largest absolute Gasteiger partial charge is 0.469 e. The van der Waals surface area contributed by atoms with E-state index in [1.165, 1.54) is 14.2 Å². The van der Waals surface area contributed by atoms with Crippen LogP contribution in [0.3, 0.4) is 0 Å². The molecule has 12 heteroatoms. The van der Waals surface area contributed by atoms with Gasteiger partial charge in [0.15, 0.2) is 0 Å². The summed E-state index contributed by atoms with van der Waals surface area (Å²) in [5.41, 5.74) is 0. The number of hydrogen-bond acceptors (Lipinski definition) is 7. The lowest BCUT2D eigenvalue weighted by molar-refractivity contribution is -0.148. The third-order valence-corrected chi connectivity index (χ3v) is 5.21. The second kappa shape index (κ2) is 7.94. The number of methoxy groups -OCH3 is 2. The highest BCUT2D eigenvalue weighted by molar-refractivity contribution is 5.73. The van der Waals surface area contributed by atoms with Gasteiger partial charge in [0, 0.05) is 32.2 Å². The van der Waals surface area contributed by atoms with Crippen molar-refractivity contribution in [2.75, 3.05) is 33.9 Å². The maximum atomic E-state index is 13.0. The minimum Gasteiger partial charge on any atom is -0.469 e. The van der Waals surface area contributed by atoms with Crippen molar-refractivity contribution in [2.45, 2.75) is 38.1 Å². The number of piperidine rings is 1. The van der Waals surface area contributed by atoms with Gasteiger partial charge in [-0.25, -0.2) is 4.79 Å². The molecule has 0 bridgehead atoms. The molecule has 2 aliphatic rings. The molecule has 0 spiro atoms. The minimum absolute atomic E-state index is 0.0998.